The van der Waals surface area contributed by atoms with Crippen molar-refractivity contribution in [1.29, 1.82) is 0 Å². The largest absolute Gasteiger partial charge is 0.496 e. The van der Waals surface area contributed by atoms with Gasteiger partial charge in [0, 0.05) is 12.5 Å². The first-order valence-electron chi connectivity index (χ1n) is 7.88. The molecule has 2 rings (SSSR count). The van der Waals surface area contributed by atoms with Crippen LogP contribution in [0.5, 0.6) is 17.2 Å². The Kier molecular flexibility index (Phi) is 5.50. The van der Waals surface area contributed by atoms with Gasteiger partial charge in [-0.3, -0.25) is 4.79 Å². The third-order valence-electron chi connectivity index (χ3n) is 3.78. The van der Waals surface area contributed by atoms with E-state index in [-0.39, 0.29) is 12.6 Å². The highest BCUT2D eigenvalue weighted by Crippen LogP contribution is 2.34. The van der Waals surface area contributed by atoms with Crippen LogP contribution in [-0.4, -0.2) is 13.1 Å². The molecule has 24 heavy (non-hydrogen) atoms. The minimum atomic E-state index is -0.328. The monoisotopic (exact) mass is 328 g/mol. The molecule has 0 bridgehead atoms. The van der Waals surface area contributed by atoms with Crippen LogP contribution < -0.4 is 9.47 Å². The Labute approximate surface area is 143 Å². The zero-order valence-electron chi connectivity index (χ0n) is 15.1. The Morgan fingerprint density at radius 3 is 2.04 bits per heavy atom. The maximum atomic E-state index is 11.1. The van der Waals surface area contributed by atoms with Gasteiger partial charge in [-0.05, 0) is 56.5 Å². The molecule has 4 heteroatoms. The van der Waals surface area contributed by atoms with Crippen LogP contribution in [0.2, 0.25) is 0 Å². The molecule has 0 radical (unpaired) electrons. The normalized spacial score (nSPS) is 10.4. The van der Waals surface area contributed by atoms with E-state index >= 15 is 0 Å². The predicted octanol–water partition coefficient (Wildman–Crippen LogP) is 4.78. The maximum Gasteiger partial charge on any atom is 0.302 e. The zero-order chi connectivity index (χ0) is 17.9. The van der Waals surface area contributed by atoms with E-state index in [4.69, 9.17) is 14.2 Å². The molecule has 128 valence electrons. The molecule has 4 nitrogen and oxygen atoms in total. The molecule has 2 aromatic rings. The standard InChI is InChI=1S/C20H24O4/c1-12-7-13(2)19(14(3)8-12)24-18-9-15(4)20(22-6)17(10-18)11-23-16(5)21/h7-10H,11H2,1-6H3. The summed E-state index contributed by atoms with van der Waals surface area (Å²) < 4.78 is 16.7. The molecule has 0 aliphatic heterocycles. The van der Waals surface area contributed by atoms with Gasteiger partial charge in [-0.15, -0.1) is 0 Å². The average molecular weight is 328 g/mol. The smallest absolute Gasteiger partial charge is 0.302 e. The van der Waals surface area contributed by atoms with Crippen molar-refractivity contribution < 1.29 is 19.0 Å². The van der Waals surface area contributed by atoms with E-state index in [0.29, 0.717) is 11.5 Å². The summed E-state index contributed by atoms with van der Waals surface area (Å²) in [5.74, 6) is 1.93. The van der Waals surface area contributed by atoms with Crippen molar-refractivity contribution in [2.24, 2.45) is 0 Å². The number of esters is 1. The first kappa shape index (κ1) is 17.9. The van der Waals surface area contributed by atoms with Crippen LogP contribution in [0.3, 0.4) is 0 Å². The van der Waals surface area contributed by atoms with Crippen molar-refractivity contribution in [3.05, 3.63) is 52.1 Å². The molecule has 0 saturated heterocycles. The lowest BCUT2D eigenvalue weighted by atomic mass is 10.1. The third kappa shape index (κ3) is 4.07. The van der Waals surface area contributed by atoms with Crippen LogP contribution in [0, 0.1) is 27.7 Å². The van der Waals surface area contributed by atoms with Crippen molar-refractivity contribution in [3.8, 4) is 17.2 Å². The van der Waals surface area contributed by atoms with E-state index < -0.39 is 0 Å². The van der Waals surface area contributed by atoms with Gasteiger partial charge in [0.25, 0.3) is 0 Å². The number of carbonyl (C=O) groups is 1. The van der Waals surface area contributed by atoms with Gasteiger partial charge in [-0.2, -0.15) is 0 Å². The third-order valence-corrected chi connectivity index (χ3v) is 3.78. The molecule has 0 fully saturated rings. The lowest BCUT2D eigenvalue weighted by Gasteiger charge is -2.17. The number of methoxy groups -OCH3 is 1. The molecule has 0 N–H and O–H groups in total. The van der Waals surface area contributed by atoms with Gasteiger partial charge in [-0.1, -0.05) is 17.7 Å². The Bertz CT molecular complexity index is 739. The quantitative estimate of drug-likeness (QED) is 0.741. The molecule has 0 amide bonds. The number of aryl methyl sites for hydroxylation is 4. The molecule has 2 aromatic carbocycles. The van der Waals surface area contributed by atoms with Gasteiger partial charge in [0.15, 0.2) is 0 Å². The molecule has 0 atom stereocenters. The van der Waals surface area contributed by atoms with Gasteiger partial charge < -0.3 is 14.2 Å². The Morgan fingerprint density at radius 2 is 1.50 bits per heavy atom. The summed E-state index contributed by atoms with van der Waals surface area (Å²) in [7, 11) is 1.61. The van der Waals surface area contributed by atoms with E-state index in [9.17, 15) is 4.79 Å². The molecule has 0 saturated carbocycles. The lowest BCUT2D eigenvalue weighted by Crippen LogP contribution is -2.03. The van der Waals surface area contributed by atoms with Crippen LogP contribution in [0.25, 0.3) is 0 Å². The second-order valence-corrected chi connectivity index (χ2v) is 6.04. The fourth-order valence-electron chi connectivity index (χ4n) is 2.89. The fraction of sp³-hybridized carbons (Fsp3) is 0.350. The summed E-state index contributed by atoms with van der Waals surface area (Å²) in [6, 6.07) is 7.97. The second-order valence-electron chi connectivity index (χ2n) is 6.04. The summed E-state index contributed by atoms with van der Waals surface area (Å²) >= 11 is 0. The van der Waals surface area contributed by atoms with Gasteiger partial charge in [-0.25, -0.2) is 0 Å². The number of hydrogen-bond acceptors (Lipinski definition) is 4. The number of rotatable bonds is 5. The molecule has 0 spiro atoms. The minimum Gasteiger partial charge on any atom is -0.496 e. The van der Waals surface area contributed by atoms with Crippen LogP contribution >= 0.6 is 0 Å². The van der Waals surface area contributed by atoms with Crippen molar-refractivity contribution in [1.82, 2.24) is 0 Å². The Balaban J connectivity index is 2.39. The number of carbonyl (C=O) groups excluding carboxylic acids is 1. The SMILES string of the molecule is COc1c(C)cc(Oc2c(C)cc(C)cc2C)cc1COC(C)=O. The minimum absolute atomic E-state index is 0.155. The Morgan fingerprint density at radius 1 is 0.917 bits per heavy atom. The highest BCUT2D eigenvalue weighted by atomic mass is 16.5. The summed E-state index contributed by atoms with van der Waals surface area (Å²) in [6.45, 7) is 9.62. The van der Waals surface area contributed by atoms with Crippen molar-refractivity contribution in [3.63, 3.8) is 0 Å². The average Bonchev–Trinajstić information content (AvgIpc) is 2.48. The van der Waals surface area contributed by atoms with Crippen molar-refractivity contribution >= 4 is 5.97 Å². The van der Waals surface area contributed by atoms with Crippen LogP contribution in [0.15, 0.2) is 24.3 Å². The van der Waals surface area contributed by atoms with E-state index in [1.807, 2.05) is 32.9 Å². The molecule has 0 aromatic heterocycles. The highest BCUT2D eigenvalue weighted by Gasteiger charge is 2.13. The summed E-state index contributed by atoms with van der Waals surface area (Å²) in [6.07, 6.45) is 0. The summed E-state index contributed by atoms with van der Waals surface area (Å²) in [5, 5.41) is 0. The van der Waals surface area contributed by atoms with E-state index in [0.717, 1.165) is 28.0 Å². The number of ether oxygens (including phenoxy) is 3. The summed E-state index contributed by atoms with van der Waals surface area (Å²) in [5.41, 5.74) is 5.09. The van der Waals surface area contributed by atoms with Crippen LogP contribution in [0.4, 0.5) is 0 Å². The van der Waals surface area contributed by atoms with E-state index in [1.54, 1.807) is 7.11 Å². The molecule has 0 aliphatic carbocycles. The fourth-order valence-corrected chi connectivity index (χ4v) is 2.89. The molecule has 0 aliphatic rings. The lowest BCUT2D eigenvalue weighted by molar-refractivity contribution is -0.142. The summed E-state index contributed by atoms with van der Waals surface area (Å²) in [4.78, 5) is 11.1. The van der Waals surface area contributed by atoms with Gasteiger partial charge in [0.1, 0.15) is 23.9 Å². The van der Waals surface area contributed by atoms with Gasteiger partial charge >= 0.3 is 5.97 Å². The van der Waals surface area contributed by atoms with Crippen LogP contribution in [0.1, 0.15) is 34.7 Å². The topological polar surface area (TPSA) is 44.8 Å². The molecule has 0 heterocycles. The second kappa shape index (κ2) is 7.39. The maximum absolute atomic E-state index is 11.1. The van der Waals surface area contributed by atoms with E-state index in [1.165, 1.54) is 12.5 Å². The van der Waals surface area contributed by atoms with Crippen molar-refractivity contribution in [2.45, 2.75) is 41.2 Å². The Hall–Kier alpha value is -2.49. The molecular weight excluding hydrogens is 304 g/mol. The first-order valence-corrected chi connectivity index (χ1v) is 7.88. The van der Waals surface area contributed by atoms with Crippen LogP contribution in [-0.2, 0) is 16.1 Å². The number of hydrogen-bond donors (Lipinski definition) is 0. The number of benzene rings is 2. The highest BCUT2D eigenvalue weighted by molar-refractivity contribution is 5.66. The predicted molar refractivity (Wildman–Crippen MR) is 93.9 cm³/mol. The molecule has 0 unspecified atom stereocenters. The van der Waals surface area contributed by atoms with Gasteiger partial charge in [0.2, 0.25) is 0 Å². The van der Waals surface area contributed by atoms with Gasteiger partial charge in [0.05, 0.1) is 7.11 Å². The zero-order valence-corrected chi connectivity index (χ0v) is 15.1. The molecular formula is C20H24O4. The van der Waals surface area contributed by atoms with E-state index in [2.05, 4.69) is 19.1 Å². The van der Waals surface area contributed by atoms with Crippen molar-refractivity contribution in [2.75, 3.05) is 7.11 Å². The first-order chi connectivity index (χ1) is 11.3.